The van der Waals surface area contributed by atoms with E-state index in [4.69, 9.17) is 0 Å². The molecule has 16 heavy (non-hydrogen) atoms. The molecule has 2 aliphatic carbocycles. The largest absolute Gasteiger partial charge is 0.294 e. The number of fused-ring (bicyclic) bond motifs is 1. The van der Waals surface area contributed by atoms with Gasteiger partial charge in [0.25, 0.3) is 0 Å². The van der Waals surface area contributed by atoms with Gasteiger partial charge in [-0.25, -0.2) is 0 Å². The number of carbonyl (C=O) groups excluding carboxylic acids is 1. The Balaban J connectivity index is 2.32. The highest BCUT2D eigenvalue weighted by molar-refractivity contribution is 6.00. The predicted molar refractivity (Wildman–Crippen MR) is 67.2 cm³/mol. The minimum atomic E-state index is 0.204. The van der Waals surface area contributed by atoms with Crippen molar-refractivity contribution >= 4 is 5.78 Å². The average molecular weight is 218 g/mol. The first-order valence-electron chi connectivity index (χ1n) is 6.51. The molecule has 2 aliphatic rings. The van der Waals surface area contributed by atoms with Gasteiger partial charge in [-0.3, -0.25) is 4.79 Å². The van der Waals surface area contributed by atoms with Gasteiger partial charge in [0, 0.05) is 5.92 Å². The fourth-order valence-corrected chi connectivity index (χ4v) is 3.11. The summed E-state index contributed by atoms with van der Waals surface area (Å²) in [5, 5.41) is 0. The first-order chi connectivity index (χ1) is 7.56. The van der Waals surface area contributed by atoms with Crippen LogP contribution >= 0.6 is 0 Å². The third kappa shape index (κ3) is 1.88. The maximum absolute atomic E-state index is 12.3. The Morgan fingerprint density at radius 1 is 1.38 bits per heavy atom. The lowest BCUT2D eigenvalue weighted by Gasteiger charge is -2.39. The Morgan fingerprint density at radius 3 is 2.81 bits per heavy atom. The molecule has 0 saturated heterocycles. The quantitative estimate of drug-likeness (QED) is 0.683. The van der Waals surface area contributed by atoms with Crippen LogP contribution in [0.25, 0.3) is 0 Å². The third-order valence-electron chi connectivity index (χ3n) is 4.07. The molecule has 2 rings (SSSR count). The maximum Gasteiger partial charge on any atom is 0.165 e. The van der Waals surface area contributed by atoms with Gasteiger partial charge < -0.3 is 0 Å². The van der Waals surface area contributed by atoms with Gasteiger partial charge >= 0.3 is 0 Å². The van der Waals surface area contributed by atoms with E-state index < -0.39 is 0 Å². The Morgan fingerprint density at radius 2 is 2.12 bits per heavy atom. The van der Waals surface area contributed by atoms with Gasteiger partial charge in [0.15, 0.2) is 5.78 Å². The van der Waals surface area contributed by atoms with Gasteiger partial charge in [-0.05, 0) is 30.3 Å². The summed E-state index contributed by atoms with van der Waals surface area (Å²) in [6.07, 6.45) is 9.80. The number of carbonyl (C=O) groups is 1. The Labute approximate surface area is 98.6 Å². The molecule has 0 bridgehead atoms. The molecule has 0 unspecified atom stereocenters. The van der Waals surface area contributed by atoms with E-state index in [-0.39, 0.29) is 11.3 Å². The van der Waals surface area contributed by atoms with Crippen LogP contribution in [-0.4, -0.2) is 5.78 Å². The van der Waals surface area contributed by atoms with Gasteiger partial charge in [-0.1, -0.05) is 51.3 Å². The second-order valence-electron chi connectivity index (χ2n) is 5.76. The first kappa shape index (κ1) is 11.6. The summed E-state index contributed by atoms with van der Waals surface area (Å²) >= 11 is 0. The lowest BCUT2D eigenvalue weighted by Crippen LogP contribution is -2.33. The molecule has 1 heteroatoms. The second kappa shape index (κ2) is 4.20. The fourth-order valence-electron chi connectivity index (χ4n) is 3.11. The highest BCUT2D eigenvalue weighted by Crippen LogP contribution is 2.46. The van der Waals surface area contributed by atoms with Crippen LogP contribution in [-0.2, 0) is 4.79 Å². The summed E-state index contributed by atoms with van der Waals surface area (Å²) in [7, 11) is 0. The van der Waals surface area contributed by atoms with Crippen molar-refractivity contribution in [3.05, 3.63) is 23.3 Å². The number of Topliss-reactive ketones (excluding diaryl/α,β-unsaturated/α-hetero) is 1. The van der Waals surface area contributed by atoms with Crippen molar-refractivity contribution in [2.24, 2.45) is 11.3 Å². The first-order valence-corrected chi connectivity index (χ1v) is 6.51. The molecule has 0 amide bonds. The van der Waals surface area contributed by atoms with Crippen LogP contribution in [0, 0.1) is 11.3 Å². The lowest BCUT2D eigenvalue weighted by atomic mass is 9.64. The second-order valence-corrected chi connectivity index (χ2v) is 5.76. The normalized spacial score (nSPS) is 28.2. The fraction of sp³-hybridized carbons (Fsp3) is 0.667. The molecule has 0 aliphatic heterocycles. The van der Waals surface area contributed by atoms with E-state index in [2.05, 4.69) is 32.9 Å². The highest BCUT2D eigenvalue weighted by Gasteiger charge is 2.38. The molecule has 1 nitrogen and oxygen atoms in total. The van der Waals surface area contributed by atoms with Crippen molar-refractivity contribution in [2.45, 2.75) is 52.9 Å². The Kier molecular flexibility index (Phi) is 3.05. The minimum Gasteiger partial charge on any atom is -0.294 e. The molecule has 0 spiro atoms. The predicted octanol–water partition coefficient (Wildman–Crippen LogP) is 4.05. The molecule has 1 saturated carbocycles. The van der Waals surface area contributed by atoms with Gasteiger partial charge in [-0.2, -0.15) is 0 Å². The van der Waals surface area contributed by atoms with Crippen molar-refractivity contribution in [1.82, 2.24) is 0 Å². The van der Waals surface area contributed by atoms with Crippen LogP contribution in [0.15, 0.2) is 23.3 Å². The van der Waals surface area contributed by atoms with Gasteiger partial charge in [0.2, 0.25) is 0 Å². The third-order valence-corrected chi connectivity index (χ3v) is 4.07. The summed E-state index contributed by atoms with van der Waals surface area (Å²) in [5.41, 5.74) is 2.66. The lowest BCUT2D eigenvalue weighted by molar-refractivity contribution is -0.119. The van der Waals surface area contributed by atoms with Crippen LogP contribution in [0.4, 0.5) is 0 Å². The zero-order valence-electron chi connectivity index (χ0n) is 10.7. The van der Waals surface area contributed by atoms with Gasteiger partial charge in [-0.15, -0.1) is 0 Å². The molecule has 1 atom stereocenters. The smallest absolute Gasteiger partial charge is 0.165 e. The summed E-state index contributed by atoms with van der Waals surface area (Å²) in [6, 6.07) is 0. The summed E-state index contributed by atoms with van der Waals surface area (Å²) in [6.45, 7) is 6.69. The molecule has 0 radical (unpaired) electrons. The van der Waals surface area contributed by atoms with E-state index in [1.807, 2.05) is 0 Å². The maximum atomic E-state index is 12.3. The van der Waals surface area contributed by atoms with E-state index in [1.165, 1.54) is 18.4 Å². The number of ketones is 1. The van der Waals surface area contributed by atoms with Gasteiger partial charge in [0.1, 0.15) is 0 Å². The number of rotatable bonds is 2. The Hall–Kier alpha value is -0.850. The monoisotopic (exact) mass is 218 g/mol. The van der Waals surface area contributed by atoms with Crippen molar-refractivity contribution in [3.8, 4) is 0 Å². The number of hydrogen-bond acceptors (Lipinski definition) is 1. The standard InChI is InChI=1S/C15H22O/c1-4-6-11-8-9-13-12(14(11)16)7-5-10-15(13,2)3/h8-9,12H,4-7,10H2,1-3H3/t12-/m0/s1. The molecule has 0 aromatic rings. The van der Waals surface area contributed by atoms with E-state index in [9.17, 15) is 4.79 Å². The van der Waals surface area contributed by atoms with Crippen LogP contribution in [0.3, 0.4) is 0 Å². The molecular weight excluding hydrogens is 196 g/mol. The summed E-state index contributed by atoms with van der Waals surface area (Å²) in [4.78, 5) is 12.3. The zero-order valence-corrected chi connectivity index (χ0v) is 10.7. The zero-order chi connectivity index (χ0) is 11.8. The van der Waals surface area contributed by atoms with Crippen molar-refractivity contribution in [3.63, 3.8) is 0 Å². The number of hydrogen-bond donors (Lipinski definition) is 0. The van der Waals surface area contributed by atoms with Crippen LogP contribution in [0.1, 0.15) is 52.9 Å². The van der Waals surface area contributed by atoms with Crippen molar-refractivity contribution in [2.75, 3.05) is 0 Å². The minimum absolute atomic E-state index is 0.204. The van der Waals surface area contributed by atoms with E-state index in [0.717, 1.165) is 24.8 Å². The summed E-state index contributed by atoms with van der Waals surface area (Å²) < 4.78 is 0. The molecular formula is C15H22O. The number of allylic oxidation sites excluding steroid dienone is 4. The van der Waals surface area contributed by atoms with Crippen LogP contribution < -0.4 is 0 Å². The van der Waals surface area contributed by atoms with Crippen LogP contribution in [0.2, 0.25) is 0 Å². The SMILES string of the molecule is CCCC1=CC=C2[C@H](CCCC2(C)C)C1=O. The molecule has 88 valence electrons. The van der Waals surface area contributed by atoms with E-state index in [0.29, 0.717) is 5.78 Å². The summed E-state index contributed by atoms with van der Waals surface area (Å²) in [5.74, 6) is 0.613. The molecule has 1 fully saturated rings. The van der Waals surface area contributed by atoms with E-state index >= 15 is 0 Å². The van der Waals surface area contributed by atoms with Gasteiger partial charge in [0.05, 0.1) is 0 Å². The highest BCUT2D eigenvalue weighted by atomic mass is 16.1. The Bertz CT molecular complexity index is 358. The molecule has 0 heterocycles. The van der Waals surface area contributed by atoms with Crippen LogP contribution in [0.5, 0.6) is 0 Å². The molecule has 0 aromatic carbocycles. The molecule has 0 aromatic heterocycles. The van der Waals surface area contributed by atoms with Crippen molar-refractivity contribution in [1.29, 1.82) is 0 Å². The van der Waals surface area contributed by atoms with E-state index in [1.54, 1.807) is 0 Å². The topological polar surface area (TPSA) is 17.1 Å². The molecule has 0 N–H and O–H groups in total. The average Bonchev–Trinajstić information content (AvgIpc) is 2.22. The van der Waals surface area contributed by atoms with Crippen molar-refractivity contribution < 1.29 is 4.79 Å².